The van der Waals surface area contributed by atoms with E-state index in [0.717, 1.165) is 11.3 Å². The number of carboxylic acid groups (broad SMARTS) is 2. The van der Waals surface area contributed by atoms with Crippen LogP contribution in [-0.2, 0) is 6.42 Å². The SMILES string of the molecule is O=C(O)c1ccccc1-c1cc(Cc2ccccn2)cc(-c2ccccc2C(=O)O)c1. The predicted molar refractivity (Wildman–Crippen MR) is 118 cm³/mol. The average Bonchev–Trinajstić information content (AvgIpc) is 2.79. The van der Waals surface area contributed by atoms with Crippen molar-refractivity contribution >= 4 is 11.9 Å². The fraction of sp³-hybridized carbons (Fsp3) is 0.0385. The number of carbonyl (C=O) groups is 2. The molecule has 4 rings (SSSR count). The molecule has 1 aromatic heterocycles. The van der Waals surface area contributed by atoms with Crippen LogP contribution in [0.4, 0.5) is 0 Å². The van der Waals surface area contributed by atoms with Gasteiger partial charge < -0.3 is 10.2 Å². The molecule has 0 atom stereocenters. The molecule has 0 saturated carbocycles. The van der Waals surface area contributed by atoms with Crippen LogP contribution in [0.3, 0.4) is 0 Å². The minimum absolute atomic E-state index is 0.190. The van der Waals surface area contributed by atoms with Gasteiger partial charge in [-0.25, -0.2) is 9.59 Å². The molecule has 31 heavy (non-hydrogen) atoms. The van der Waals surface area contributed by atoms with Crippen LogP contribution in [0.5, 0.6) is 0 Å². The molecule has 3 aromatic carbocycles. The van der Waals surface area contributed by atoms with E-state index in [1.807, 2.05) is 36.4 Å². The molecule has 0 aliphatic heterocycles. The molecule has 0 aliphatic carbocycles. The number of nitrogens with zero attached hydrogens (tertiary/aromatic N) is 1. The van der Waals surface area contributed by atoms with Gasteiger partial charge in [0.1, 0.15) is 0 Å². The Labute approximate surface area is 179 Å². The number of benzene rings is 3. The summed E-state index contributed by atoms with van der Waals surface area (Å²) in [4.78, 5) is 27.9. The maximum Gasteiger partial charge on any atom is 0.336 e. The van der Waals surface area contributed by atoms with Gasteiger partial charge in [0, 0.05) is 18.3 Å². The first-order valence-electron chi connectivity index (χ1n) is 9.72. The summed E-state index contributed by atoms with van der Waals surface area (Å²) in [5.41, 5.74) is 4.72. The Hall–Kier alpha value is -4.25. The van der Waals surface area contributed by atoms with Crippen LogP contribution in [0.25, 0.3) is 22.3 Å². The first kappa shape index (κ1) is 20.0. The van der Waals surface area contributed by atoms with Crippen molar-refractivity contribution in [2.24, 2.45) is 0 Å². The van der Waals surface area contributed by atoms with Crippen molar-refractivity contribution in [1.82, 2.24) is 4.98 Å². The molecule has 0 saturated heterocycles. The van der Waals surface area contributed by atoms with E-state index in [4.69, 9.17) is 0 Å². The zero-order valence-corrected chi connectivity index (χ0v) is 16.5. The number of aromatic carboxylic acids is 2. The van der Waals surface area contributed by atoms with Crippen molar-refractivity contribution in [3.05, 3.63) is 114 Å². The van der Waals surface area contributed by atoms with Crippen molar-refractivity contribution in [2.45, 2.75) is 6.42 Å². The maximum absolute atomic E-state index is 11.8. The molecule has 0 fully saturated rings. The minimum Gasteiger partial charge on any atom is -0.478 e. The summed E-state index contributed by atoms with van der Waals surface area (Å²) in [6, 6.07) is 25.0. The zero-order chi connectivity index (χ0) is 21.8. The molecule has 0 bridgehead atoms. The third kappa shape index (κ3) is 4.36. The molecule has 5 heteroatoms. The minimum atomic E-state index is -1.02. The summed E-state index contributed by atoms with van der Waals surface area (Å²) in [5, 5.41) is 19.3. The van der Waals surface area contributed by atoms with E-state index in [1.165, 1.54) is 0 Å². The Balaban J connectivity index is 1.92. The van der Waals surface area contributed by atoms with Gasteiger partial charge in [-0.3, -0.25) is 4.98 Å². The number of rotatable bonds is 6. The normalized spacial score (nSPS) is 10.6. The van der Waals surface area contributed by atoms with Gasteiger partial charge in [-0.2, -0.15) is 0 Å². The standard InChI is InChI=1S/C26H19NO4/c28-25(29)23-10-3-1-8-21(23)18-13-17(15-20-7-5-6-12-27-20)14-19(16-18)22-9-2-4-11-24(22)26(30)31/h1-14,16H,15H2,(H,28,29)(H,30,31). The van der Waals surface area contributed by atoms with Crippen LogP contribution >= 0.6 is 0 Å². The van der Waals surface area contributed by atoms with Gasteiger partial charge in [0.2, 0.25) is 0 Å². The Morgan fingerprint density at radius 3 is 1.68 bits per heavy atom. The van der Waals surface area contributed by atoms with Gasteiger partial charge in [0.25, 0.3) is 0 Å². The highest BCUT2D eigenvalue weighted by atomic mass is 16.4. The summed E-state index contributed by atoms with van der Waals surface area (Å²) in [6.07, 6.45) is 2.26. The highest BCUT2D eigenvalue weighted by molar-refractivity contribution is 5.98. The molecule has 0 aliphatic rings. The zero-order valence-electron chi connectivity index (χ0n) is 16.5. The Bertz CT molecular complexity index is 1190. The van der Waals surface area contributed by atoms with Crippen molar-refractivity contribution in [2.75, 3.05) is 0 Å². The summed E-state index contributed by atoms with van der Waals surface area (Å²) < 4.78 is 0. The molecule has 0 amide bonds. The Kier molecular flexibility index (Phi) is 5.58. The Morgan fingerprint density at radius 1 is 0.677 bits per heavy atom. The van der Waals surface area contributed by atoms with E-state index in [0.29, 0.717) is 28.7 Å². The highest BCUT2D eigenvalue weighted by Gasteiger charge is 2.16. The quantitative estimate of drug-likeness (QED) is 0.445. The van der Waals surface area contributed by atoms with E-state index in [9.17, 15) is 19.8 Å². The van der Waals surface area contributed by atoms with Gasteiger partial charge >= 0.3 is 11.9 Å². The van der Waals surface area contributed by atoms with Crippen LogP contribution in [0.2, 0.25) is 0 Å². The van der Waals surface area contributed by atoms with E-state index in [1.54, 1.807) is 54.7 Å². The van der Waals surface area contributed by atoms with E-state index >= 15 is 0 Å². The third-order valence-electron chi connectivity index (χ3n) is 5.04. The van der Waals surface area contributed by atoms with Gasteiger partial charge in [0.05, 0.1) is 11.1 Å². The second-order valence-electron chi connectivity index (χ2n) is 7.12. The molecular weight excluding hydrogens is 390 g/mol. The molecule has 1 heterocycles. The summed E-state index contributed by atoms with van der Waals surface area (Å²) in [5.74, 6) is -2.03. The van der Waals surface area contributed by atoms with Gasteiger partial charge in [-0.15, -0.1) is 0 Å². The number of pyridine rings is 1. The molecule has 5 nitrogen and oxygen atoms in total. The molecular formula is C26H19NO4. The van der Waals surface area contributed by atoms with Gasteiger partial charge in [-0.1, -0.05) is 54.6 Å². The first-order chi connectivity index (χ1) is 15.0. The van der Waals surface area contributed by atoms with E-state index in [2.05, 4.69) is 4.98 Å². The predicted octanol–water partition coefficient (Wildman–Crippen LogP) is 5.40. The third-order valence-corrected chi connectivity index (χ3v) is 5.04. The summed E-state index contributed by atoms with van der Waals surface area (Å²) in [6.45, 7) is 0. The van der Waals surface area contributed by atoms with Crippen molar-refractivity contribution < 1.29 is 19.8 Å². The molecule has 2 N–H and O–H groups in total. The van der Waals surface area contributed by atoms with Crippen LogP contribution in [0.15, 0.2) is 91.1 Å². The lowest BCUT2D eigenvalue weighted by atomic mass is 9.91. The van der Waals surface area contributed by atoms with Crippen LogP contribution in [0, 0.1) is 0 Å². The number of hydrogen-bond donors (Lipinski definition) is 2. The number of carboxylic acids is 2. The molecule has 0 spiro atoms. The van der Waals surface area contributed by atoms with E-state index in [-0.39, 0.29) is 11.1 Å². The van der Waals surface area contributed by atoms with Crippen LogP contribution in [-0.4, -0.2) is 27.1 Å². The van der Waals surface area contributed by atoms with E-state index < -0.39 is 11.9 Å². The lowest BCUT2D eigenvalue weighted by Gasteiger charge is -2.14. The summed E-state index contributed by atoms with van der Waals surface area (Å²) >= 11 is 0. The van der Waals surface area contributed by atoms with Crippen LogP contribution in [0.1, 0.15) is 32.0 Å². The molecule has 4 aromatic rings. The monoisotopic (exact) mass is 409 g/mol. The number of hydrogen-bond acceptors (Lipinski definition) is 3. The average molecular weight is 409 g/mol. The van der Waals surface area contributed by atoms with Gasteiger partial charge in [-0.05, 0) is 58.1 Å². The Morgan fingerprint density at radius 2 is 1.19 bits per heavy atom. The molecule has 0 unspecified atom stereocenters. The topological polar surface area (TPSA) is 87.5 Å². The fourth-order valence-corrected chi connectivity index (χ4v) is 3.66. The molecule has 0 radical (unpaired) electrons. The van der Waals surface area contributed by atoms with Gasteiger partial charge in [0.15, 0.2) is 0 Å². The fourth-order valence-electron chi connectivity index (χ4n) is 3.66. The maximum atomic E-state index is 11.8. The number of aromatic nitrogens is 1. The lowest BCUT2D eigenvalue weighted by Crippen LogP contribution is -2.02. The molecule has 152 valence electrons. The van der Waals surface area contributed by atoms with Crippen molar-refractivity contribution in [3.63, 3.8) is 0 Å². The largest absolute Gasteiger partial charge is 0.478 e. The smallest absolute Gasteiger partial charge is 0.336 e. The van der Waals surface area contributed by atoms with Crippen molar-refractivity contribution in [1.29, 1.82) is 0 Å². The lowest BCUT2D eigenvalue weighted by molar-refractivity contribution is 0.0687. The van der Waals surface area contributed by atoms with Crippen LogP contribution < -0.4 is 0 Å². The first-order valence-corrected chi connectivity index (χ1v) is 9.72. The van der Waals surface area contributed by atoms with Crippen molar-refractivity contribution in [3.8, 4) is 22.3 Å². The second kappa shape index (κ2) is 8.63. The highest BCUT2D eigenvalue weighted by Crippen LogP contribution is 2.32. The second-order valence-corrected chi connectivity index (χ2v) is 7.12. The summed E-state index contributed by atoms with van der Waals surface area (Å²) in [7, 11) is 0.